The number of unbranched alkanes of at least 4 members (excludes halogenated alkanes) is 11. The number of aryl methyl sites for hydroxylation is 2. The van der Waals surface area contributed by atoms with E-state index in [1.807, 2.05) is 0 Å². The van der Waals surface area contributed by atoms with Crippen LogP contribution in [0, 0.1) is 0 Å². The Morgan fingerprint density at radius 3 is 1.84 bits per heavy atom. The second-order valence-corrected chi connectivity index (χ2v) is 7.74. The van der Waals surface area contributed by atoms with Crippen LogP contribution in [0.5, 0.6) is 0 Å². The third kappa shape index (κ3) is 10.1. The topological polar surface area (TPSA) is 8.81 Å². The van der Waals surface area contributed by atoms with Gasteiger partial charge >= 0.3 is 0 Å². The minimum absolute atomic E-state index is 1.18. The van der Waals surface area contributed by atoms with Gasteiger partial charge in [-0.25, -0.2) is 9.13 Å². The summed E-state index contributed by atoms with van der Waals surface area (Å²) in [6, 6.07) is 0. The highest BCUT2D eigenvalue weighted by Gasteiger charge is 2.15. The molecule has 1 aromatic heterocycles. The summed E-state index contributed by atoms with van der Waals surface area (Å²) in [7, 11) is 0. The van der Waals surface area contributed by atoms with Crippen molar-refractivity contribution in [2.24, 2.45) is 0 Å². The zero-order valence-corrected chi connectivity index (χ0v) is 17.6. The van der Waals surface area contributed by atoms with Gasteiger partial charge in [0.1, 0.15) is 12.4 Å². The van der Waals surface area contributed by atoms with Crippen molar-refractivity contribution in [3.63, 3.8) is 0 Å². The largest absolute Gasteiger partial charge is 0.256 e. The van der Waals surface area contributed by atoms with Gasteiger partial charge in [-0.1, -0.05) is 85.0 Å². The van der Waals surface area contributed by atoms with Crippen LogP contribution < -0.4 is 4.57 Å². The fourth-order valence-electron chi connectivity index (χ4n) is 3.74. The second kappa shape index (κ2) is 15.5. The van der Waals surface area contributed by atoms with Crippen molar-refractivity contribution < 1.29 is 4.57 Å². The molecule has 0 saturated carbocycles. The molecule has 0 radical (unpaired) electrons. The lowest BCUT2D eigenvalue weighted by Crippen LogP contribution is -2.37. The van der Waals surface area contributed by atoms with Gasteiger partial charge in [0.15, 0.2) is 0 Å². The summed E-state index contributed by atoms with van der Waals surface area (Å²) in [5.41, 5.74) is 0. The molecule has 0 aliphatic heterocycles. The summed E-state index contributed by atoms with van der Waals surface area (Å²) in [4.78, 5) is 0. The van der Waals surface area contributed by atoms with Crippen molar-refractivity contribution in [1.82, 2.24) is 4.57 Å². The minimum atomic E-state index is 1.18. The van der Waals surface area contributed by atoms with E-state index in [1.54, 1.807) is 5.82 Å². The van der Waals surface area contributed by atoms with E-state index in [2.05, 4.69) is 42.3 Å². The molecule has 0 amide bonds. The van der Waals surface area contributed by atoms with E-state index >= 15 is 0 Å². The molecule has 2 nitrogen and oxygen atoms in total. The van der Waals surface area contributed by atoms with Gasteiger partial charge in [0.05, 0.1) is 13.1 Å². The smallest absolute Gasteiger partial charge is 0.234 e. The Bertz CT molecular complexity index is 408. The molecule has 1 heterocycles. The molecular formula is C23H45N2+. The molecule has 0 aliphatic rings. The average molecular weight is 350 g/mol. The van der Waals surface area contributed by atoms with Crippen molar-refractivity contribution in [3.05, 3.63) is 18.2 Å². The summed E-state index contributed by atoms with van der Waals surface area (Å²) in [6.07, 6.45) is 25.3. The van der Waals surface area contributed by atoms with Crippen LogP contribution in [0.2, 0.25) is 0 Å². The van der Waals surface area contributed by atoms with Gasteiger partial charge in [-0.2, -0.15) is 0 Å². The first-order valence-electron chi connectivity index (χ1n) is 11.4. The third-order valence-electron chi connectivity index (χ3n) is 5.31. The number of nitrogens with zero attached hydrogens (tertiary/aromatic N) is 2. The predicted molar refractivity (Wildman–Crippen MR) is 110 cm³/mol. The molecular weight excluding hydrogens is 304 g/mol. The molecule has 0 bridgehead atoms. The fraction of sp³-hybridized carbons (Fsp3) is 0.870. The highest BCUT2D eigenvalue weighted by molar-refractivity contribution is 4.84. The van der Waals surface area contributed by atoms with Crippen LogP contribution in [-0.4, -0.2) is 4.57 Å². The number of rotatable bonds is 17. The van der Waals surface area contributed by atoms with E-state index in [9.17, 15) is 0 Å². The van der Waals surface area contributed by atoms with E-state index < -0.39 is 0 Å². The molecule has 1 rings (SSSR count). The van der Waals surface area contributed by atoms with E-state index in [1.165, 1.54) is 109 Å². The first kappa shape index (κ1) is 22.3. The standard InChI is InChI=1S/C23H45N2/c1-4-7-9-11-13-15-17-20-25-22-21-24(19-6-3)23(25)18-16-14-12-10-8-5-2/h21-22H,4-20H2,1-3H3/q+1. The van der Waals surface area contributed by atoms with Crippen LogP contribution in [-0.2, 0) is 19.5 Å². The van der Waals surface area contributed by atoms with Crippen molar-refractivity contribution >= 4 is 0 Å². The van der Waals surface area contributed by atoms with Gasteiger partial charge in [-0.15, -0.1) is 0 Å². The summed E-state index contributed by atoms with van der Waals surface area (Å²) in [5, 5.41) is 0. The van der Waals surface area contributed by atoms with Crippen LogP contribution in [0.1, 0.15) is 116 Å². The molecule has 25 heavy (non-hydrogen) atoms. The van der Waals surface area contributed by atoms with Crippen LogP contribution >= 0.6 is 0 Å². The Hall–Kier alpha value is -0.790. The average Bonchev–Trinajstić information content (AvgIpc) is 2.99. The number of imidazole rings is 1. The van der Waals surface area contributed by atoms with Gasteiger partial charge in [0, 0.05) is 6.42 Å². The molecule has 0 spiro atoms. The molecule has 0 saturated heterocycles. The summed E-state index contributed by atoms with van der Waals surface area (Å²) in [5.74, 6) is 1.57. The van der Waals surface area contributed by atoms with Gasteiger partial charge < -0.3 is 0 Å². The highest BCUT2D eigenvalue weighted by Crippen LogP contribution is 2.10. The van der Waals surface area contributed by atoms with Crippen molar-refractivity contribution in [2.75, 3.05) is 0 Å². The van der Waals surface area contributed by atoms with Crippen LogP contribution in [0.4, 0.5) is 0 Å². The Kier molecular flexibility index (Phi) is 13.8. The Morgan fingerprint density at radius 2 is 1.24 bits per heavy atom. The van der Waals surface area contributed by atoms with Crippen molar-refractivity contribution in [1.29, 1.82) is 0 Å². The minimum Gasteiger partial charge on any atom is -0.234 e. The lowest BCUT2D eigenvalue weighted by atomic mass is 10.1. The molecule has 0 aromatic carbocycles. The zero-order valence-electron chi connectivity index (χ0n) is 17.6. The van der Waals surface area contributed by atoms with Crippen molar-refractivity contribution in [2.45, 2.75) is 130 Å². The van der Waals surface area contributed by atoms with Crippen molar-refractivity contribution in [3.8, 4) is 0 Å². The third-order valence-corrected chi connectivity index (χ3v) is 5.31. The van der Waals surface area contributed by atoms with Gasteiger partial charge in [0.25, 0.3) is 5.82 Å². The molecule has 146 valence electrons. The molecule has 0 aliphatic carbocycles. The van der Waals surface area contributed by atoms with Gasteiger partial charge in [0.2, 0.25) is 0 Å². The summed E-state index contributed by atoms with van der Waals surface area (Å²) in [6.45, 7) is 9.27. The SMILES string of the molecule is CCCCCCCCC[n+]1ccn(CCC)c1CCCCCCCC. The van der Waals surface area contributed by atoms with Crippen LogP contribution in [0.3, 0.4) is 0 Å². The maximum atomic E-state index is 2.55. The summed E-state index contributed by atoms with van der Waals surface area (Å²) < 4.78 is 5.06. The monoisotopic (exact) mass is 349 g/mol. The summed E-state index contributed by atoms with van der Waals surface area (Å²) >= 11 is 0. The van der Waals surface area contributed by atoms with Gasteiger partial charge in [-0.05, 0) is 25.7 Å². The Morgan fingerprint density at radius 1 is 0.680 bits per heavy atom. The Labute approximate surface area is 158 Å². The molecule has 0 N–H and O–H groups in total. The maximum absolute atomic E-state index is 2.55. The van der Waals surface area contributed by atoms with Crippen LogP contribution in [0.25, 0.3) is 0 Å². The molecule has 1 aromatic rings. The molecule has 0 unspecified atom stereocenters. The van der Waals surface area contributed by atoms with Crippen LogP contribution in [0.15, 0.2) is 12.4 Å². The first-order valence-corrected chi connectivity index (χ1v) is 11.4. The number of aromatic nitrogens is 2. The lowest BCUT2D eigenvalue weighted by molar-refractivity contribution is -0.704. The second-order valence-electron chi connectivity index (χ2n) is 7.74. The quantitative estimate of drug-likeness (QED) is 0.215. The zero-order chi connectivity index (χ0) is 18.2. The predicted octanol–water partition coefficient (Wildman–Crippen LogP) is 6.84. The van der Waals surface area contributed by atoms with Gasteiger partial charge in [-0.3, -0.25) is 0 Å². The van der Waals surface area contributed by atoms with E-state index in [4.69, 9.17) is 0 Å². The number of hydrogen-bond donors (Lipinski definition) is 0. The van der Waals surface area contributed by atoms with E-state index in [-0.39, 0.29) is 0 Å². The highest BCUT2D eigenvalue weighted by atomic mass is 15.1. The normalized spacial score (nSPS) is 11.3. The van der Waals surface area contributed by atoms with E-state index in [0.717, 1.165) is 0 Å². The fourth-order valence-corrected chi connectivity index (χ4v) is 3.74. The molecule has 0 fully saturated rings. The lowest BCUT2D eigenvalue weighted by Gasteiger charge is -2.06. The molecule has 2 heteroatoms. The number of hydrogen-bond acceptors (Lipinski definition) is 0. The molecule has 0 atom stereocenters. The Balaban J connectivity index is 2.33. The van der Waals surface area contributed by atoms with E-state index in [0.29, 0.717) is 0 Å². The maximum Gasteiger partial charge on any atom is 0.256 e. The first-order chi connectivity index (χ1) is 12.3.